The van der Waals surface area contributed by atoms with Gasteiger partial charge in [0.25, 0.3) is 0 Å². The van der Waals surface area contributed by atoms with Crippen LogP contribution in [0.5, 0.6) is 0 Å². The largest absolute Gasteiger partial charge is 0.396 e. The molecule has 3 heteroatoms. The molecule has 0 aromatic heterocycles. The molecular formula is C11H18O3. The molecule has 1 N–H and O–H groups in total. The number of hydrogen-bond acceptors (Lipinski definition) is 3. The monoisotopic (exact) mass is 198 g/mol. The Morgan fingerprint density at radius 2 is 1.79 bits per heavy atom. The van der Waals surface area contributed by atoms with Crippen molar-refractivity contribution < 1.29 is 14.6 Å². The third kappa shape index (κ3) is 0.884. The van der Waals surface area contributed by atoms with E-state index in [1.807, 2.05) is 0 Å². The standard InChI is InChI=1S/C11H18O3/c12-8-9-7-11(13-5-6-14-11)10(9)3-1-2-4-10/h9,12H,1-8H2. The van der Waals surface area contributed by atoms with Gasteiger partial charge in [0.05, 0.1) is 13.2 Å². The zero-order valence-electron chi connectivity index (χ0n) is 8.50. The van der Waals surface area contributed by atoms with Crippen LogP contribution in [0.3, 0.4) is 0 Å². The molecule has 80 valence electrons. The summed E-state index contributed by atoms with van der Waals surface area (Å²) in [5.41, 5.74) is 0.165. The average Bonchev–Trinajstić information content (AvgIpc) is 2.85. The first-order valence-corrected chi connectivity index (χ1v) is 5.72. The Kier molecular flexibility index (Phi) is 1.92. The predicted molar refractivity (Wildman–Crippen MR) is 50.7 cm³/mol. The lowest BCUT2D eigenvalue weighted by Crippen LogP contribution is -2.64. The molecule has 0 amide bonds. The minimum atomic E-state index is -0.295. The summed E-state index contributed by atoms with van der Waals surface area (Å²) in [6.45, 7) is 1.77. The molecule has 2 aliphatic carbocycles. The van der Waals surface area contributed by atoms with E-state index < -0.39 is 0 Å². The normalized spacial score (nSPS) is 37.9. The molecule has 1 saturated heterocycles. The van der Waals surface area contributed by atoms with E-state index >= 15 is 0 Å². The first-order chi connectivity index (χ1) is 6.83. The van der Waals surface area contributed by atoms with E-state index in [9.17, 15) is 5.11 Å². The van der Waals surface area contributed by atoms with E-state index in [1.165, 1.54) is 25.7 Å². The van der Waals surface area contributed by atoms with Crippen molar-refractivity contribution in [1.82, 2.24) is 0 Å². The summed E-state index contributed by atoms with van der Waals surface area (Å²) in [5, 5.41) is 9.34. The molecule has 3 fully saturated rings. The number of aliphatic hydroxyl groups is 1. The first-order valence-electron chi connectivity index (χ1n) is 5.72. The van der Waals surface area contributed by atoms with Crippen molar-refractivity contribution in [3.8, 4) is 0 Å². The van der Waals surface area contributed by atoms with Gasteiger partial charge in [-0.15, -0.1) is 0 Å². The third-order valence-electron chi connectivity index (χ3n) is 4.53. The van der Waals surface area contributed by atoms with E-state index in [1.54, 1.807) is 0 Å². The minimum absolute atomic E-state index is 0.165. The van der Waals surface area contributed by atoms with Crippen LogP contribution in [0.1, 0.15) is 32.1 Å². The number of aliphatic hydroxyl groups excluding tert-OH is 1. The molecule has 1 unspecified atom stereocenters. The van der Waals surface area contributed by atoms with Crippen LogP contribution in [-0.2, 0) is 9.47 Å². The molecule has 0 bridgehead atoms. The van der Waals surface area contributed by atoms with Crippen molar-refractivity contribution in [1.29, 1.82) is 0 Å². The molecule has 0 aromatic carbocycles. The highest BCUT2D eigenvalue weighted by Gasteiger charge is 2.68. The van der Waals surface area contributed by atoms with E-state index in [-0.39, 0.29) is 11.2 Å². The maximum absolute atomic E-state index is 9.34. The first kappa shape index (κ1) is 9.13. The van der Waals surface area contributed by atoms with E-state index in [0.717, 1.165) is 19.6 Å². The van der Waals surface area contributed by atoms with Crippen molar-refractivity contribution in [2.24, 2.45) is 11.3 Å². The van der Waals surface area contributed by atoms with Crippen LogP contribution in [0, 0.1) is 11.3 Å². The van der Waals surface area contributed by atoms with Crippen molar-refractivity contribution in [2.45, 2.75) is 37.9 Å². The van der Waals surface area contributed by atoms with Crippen molar-refractivity contribution in [3.05, 3.63) is 0 Å². The van der Waals surface area contributed by atoms with Gasteiger partial charge in [-0.05, 0) is 18.8 Å². The molecule has 3 rings (SSSR count). The van der Waals surface area contributed by atoms with Gasteiger partial charge in [0.15, 0.2) is 5.79 Å². The second-order valence-corrected chi connectivity index (χ2v) is 4.90. The van der Waals surface area contributed by atoms with Gasteiger partial charge in [-0.3, -0.25) is 0 Å². The lowest BCUT2D eigenvalue weighted by atomic mass is 9.54. The Morgan fingerprint density at radius 1 is 1.14 bits per heavy atom. The number of rotatable bonds is 1. The lowest BCUT2D eigenvalue weighted by molar-refractivity contribution is -0.331. The molecular weight excluding hydrogens is 180 g/mol. The van der Waals surface area contributed by atoms with Gasteiger partial charge in [0.1, 0.15) is 0 Å². The minimum Gasteiger partial charge on any atom is -0.396 e. The molecule has 1 heterocycles. The molecule has 0 radical (unpaired) electrons. The molecule has 1 aliphatic heterocycles. The van der Waals surface area contributed by atoms with Crippen molar-refractivity contribution >= 4 is 0 Å². The zero-order chi connectivity index (χ0) is 9.65. The summed E-state index contributed by atoms with van der Waals surface area (Å²) in [7, 11) is 0. The molecule has 0 aromatic rings. The van der Waals surface area contributed by atoms with E-state index in [2.05, 4.69) is 0 Å². The Morgan fingerprint density at radius 3 is 2.36 bits per heavy atom. The Labute approximate surface area is 84.4 Å². The number of fused-ring (bicyclic) bond motifs is 1. The quantitative estimate of drug-likeness (QED) is 0.690. The fraction of sp³-hybridized carbons (Fsp3) is 1.00. The summed E-state index contributed by atoms with van der Waals surface area (Å²) in [5.74, 6) is 0.125. The molecule has 3 aliphatic rings. The van der Waals surface area contributed by atoms with Crippen molar-refractivity contribution in [2.75, 3.05) is 19.8 Å². The fourth-order valence-corrected chi connectivity index (χ4v) is 3.80. The number of ether oxygens (including phenoxy) is 2. The van der Waals surface area contributed by atoms with E-state index in [0.29, 0.717) is 12.5 Å². The maximum Gasteiger partial charge on any atom is 0.174 e. The Hall–Kier alpha value is -0.120. The maximum atomic E-state index is 9.34. The highest BCUT2D eigenvalue weighted by Crippen LogP contribution is 2.66. The molecule has 2 saturated carbocycles. The van der Waals surface area contributed by atoms with Crippen LogP contribution in [0.4, 0.5) is 0 Å². The summed E-state index contributed by atoms with van der Waals surface area (Å²) >= 11 is 0. The SMILES string of the molecule is OCC1CC2(OCCO2)C12CCCC2. The fourth-order valence-electron chi connectivity index (χ4n) is 3.80. The van der Waals surface area contributed by atoms with Crippen LogP contribution in [0.25, 0.3) is 0 Å². The summed E-state index contributed by atoms with van der Waals surface area (Å²) in [4.78, 5) is 0. The van der Waals surface area contributed by atoms with Gasteiger partial charge in [0, 0.05) is 18.4 Å². The Balaban J connectivity index is 1.88. The van der Waals surface area contributed by atoms with Crippen LogP contribution in [0.2, 0.25) is 0 Å². The third-order valence-corrected chi connectivity index (χ3v) is 4.53. The van der Waals surface area contributed by atoms with Gasteiger partial charge >= 0.3 is 0 Å². The van der Waals surface area contributed by atoms with Gasteiger partial charge in [-0.25, -0.2) is 0 Å². The summed E-state index contributed by atoms with van der Waals surface area (Å²) in [6, 6.07) is 0. The van der Waals surface area contributed by atoms with Gasteiger partial charge in [0.2, 0.25) is 0 Å². The van der Waals surface area contributed by atoms with Crippen LogP contribution < -0.4 is 0 Å². The zero-order valence-corrected chi connectivity index (χ0v) is 8.50. The Bertz CT molecular complexity index is 227. The summed E-state index contributed by atoms with van der Waals surface area (Å²) in [6.07, 6.45) is 5.80. The van der Waals surface area contributed by atoms with Crippen LogP contribution >= 0.6 is 0 Å². The second kappa shape index (κ2) is 2.94. The molecule has 14 heavy (non-hydrogen) atoms. The molecule has 2 spiro atoms. The van der Waals surface area contributed by atoms with Crippen LogP contribution in [-0.4, -0.2) is 30.7 Å². The molecule has 1 atom stereocenters. The second-order valence-electron chi connectivity index (χ2n) is 4.90. The van der Waals surface area contributed by atoms with Gasteiger partial charge in [-0.1, -0.05) is 12.8 Å². The topological polar surface area (TPSA) is 38.7 Å². The number of hydrogen-bond donors (Lipinski definition) is 1. The smallest absolute Gasteiger partial charge is 0.174 e. The van der Waals surface area contributed by atoms with E-state index in [4.69, 9.17) is 9.47 Å². The van der Waals surface area contributed by atoms with Gasteiger partial charge < -0.3 is 14.6 Å². The average molecular weight is 198 g/mol. The highest BCUT2D eigenvalue weighted by molar-refractivity contribution is 5.12. The molecule has 3 nitrogen and oxygen atoms in total. The highest BCUT2D eigenvalue weighted by atomic mass is 16.7. The summed E-state index contributed by atoms with van der Waals surface area (Å²) < 4.78 is 11.6. The predicted octanol–water partition coefficient (Wildman–Crippen LogP) is 1.30. The lowest BCUT2D eigenvalue weighted by Gasteiger charge is -2.59. The van der Waals surface area contributed by atoms with Gasteiger partial charge in [-0.2, -0.15) is 0 Å². The van der Waals surface area contributed by atoms with Crippen molar-refractivity contribution in [3.63, 3.8) is 0 Å². The van der Waals surface area contributed by atoms with Crippen LogP contribution in [0.15, 0.2) is 0 Å².